The number of rotatable bonds is 9. The van der Waals surface area contributed by atoms with E-state index >= 15 is 0 Å². The van der Waals surface area contributed by atoms with Crippen LogP contribution in [0, 0.1) is 0 Å². The molecule has 2 aromatic carbocycles. The molecule has 0 unspecified atom stereocenters. The summed E-state index contributed by atoms with van der Waals surface area (Å²) in [6, 6.07) is 11.0. The molecular formula is C24H24O5. The Hall–Kier alpha value is -3.34. The number of methoxy groups -OCH3 is 1. The number of benzene rings is 2. The van der Waals surface area contributed by atoms with Crippen molar-refractivity contribution >= 4 is 17.8 Å². The lowest BCUT2D eigenvalue weighted by atomic mass is 10.0. The van der Waals surface area contributed by atoms with Crippen LogP contribution in [0.4, 0.5) is 0 Å². The molecular weight excluding hydrogens is 368 g/mol. The normalized spacial score (nSPS) is 12.4. The van der Waals surface area contributed by atoms with Crippen LogP contribution >= 0.6 is 0 Å². The molecule has 2 aromatic rings. The van der Waals surface area contributed by atoms with Crippen molar-refractivity contribution in [3.63, 3.8) is 0 Å². The Morgan fingerprint density at radius 2 is 1.90 bits per heavy atom. The van der Waals surface area contributed by atoms with Crippen molar-refractivity contribution < 1.29 is 23.8 Å². The fourth-order valence-corrected chi connectivity index (χ4v) is 3.23. The third-order valence-electron chi connectivity index (χ3n) is 4.72. The third-order valence-corrected chi connectivity index (χ3v) is 4.72. The van der Waals surface area contributed by atoms with E-state index in [1.165, 1.54) is 17.2 Å². The number of esters is 1. The zero-order chi connectivity index (χ0) is 20.6. The van der Waals surface area contributed by atoms with Crippen LogP contribution in [0.2, 0.25) is 0 Å². The molecule has 5 heteroatoms. The summed E-state index contributed by atoms with van der Waals surface area (Å²) < 4.78 is 15.9. The lowest BCUT2D eigenvalue weighted by molar-refractivity contribution is -0.136. The number of hydrogen-bond donors (Lipinski definition) is 0. The quantitative estimate of drug-likeness (QED) is 0.277. The highest BCUT2D eigenvalue weighted by atomic mass is 16.5. The molecule has 0 saturated carbocycles. The molecule has 0 aliphatic heterocycles. The van der Waals surface area contributed by atoms with Gasteiger partial charge in [-0.1, -0.05) is 30.9 Å². The minimum atomic E-state index is -0.578. The molecule has 1 aliphatic rings. The van der Waals surface area contributed by atoms with Gasteiger partial charge in [-0.3, -0.25) is 4.79 Å². The van der Waals surface area contributed by atoms with Crippen molar-refractivity contribution in [2.75, 3.05) is 20.3 Å². The van der Waals surface area contributed by atoms with Crippen LogP contribution in [0.1, 0.15) is 33.5 Å². The molecule has 0 aromatic heterocycles. The van der Waals surface area contributed by atoms with Crippen molar-refractivity contribution in [1.82, 2.24) is 0 Å². The van der Waals surface area contributed by atoms with E-state index in [-0.39, 0.29) is 12.4 Å². The van der Waals surface area contributed by atoms with E-state index in [9.17, 15) is 9.59 Å². The van der Waals surface area contributed by atoms with E-state index in [0.29, 0.717) is 23.7 Å². The van der Waals surface area contributed by atoms with E-state index in [4.69, 9.17) is 14.2 Å². The standard InChI is InChI=1S/C24H24O5/c1-3-13-28-22-11-7-17(14-23(22)27-2)8-12-24(26)29-16-21(25)20-10-9-18-5-4-6-19(18)15-20/h3,7-12,14-15H,1,4-6,13,16H2,2H3/b12-8+. The van der Waals surface area contributed by atoms with Gasteiger partial charge in [0.25, 0.3) is 0 Å². The first-order valence-electron chi connectivity index (χ1n) is 9.52. The fourth-order valence-electron chi connectivity index (χ4n) is 3.23. The predicted octanol–water partition coefficient (Wildman–Crippen LogP) is 4.19. The molecule has 1 aliphatic carbocycles. The molecule has 0 N–H and O–H groups in total. The lowest BCUT2D eigenvalue weighted by Gasteiger charge is -2.09. The second kappa shape index (κ2) is 9.73. The number of ketones is 1. The van der Waals surface area contributed by atoms with Gasteiger partial charge >= 0.3 is 5.97 Å². The third kappa shape index (κ3) is 5.35. The summed E-state index contributed by atoms with van der Waals surface area (Å²) in [6.07, 6.45) is 7.72. The Morgan fingerprint density at radius 1 is 1.07 bits per heavy atom. The van der Waals surface area contributed by atoms with Crippen molar-refractivity contribution in [2.24, 2.45) is 0 Å². The summed E-state index contributed by atoms with van der Waals surface area (Å²) in [7, 11) is 1.54. The molecule has 0 spiro atoms. The number of aryl methyl sites for hydroxylation is 2. The maximum absolute atomic E-state index is 12.3. The Labute approximate surface area is 170 Å². The van der Waals surface area contributed by atoms with Crippen LogP contribution in [0.15, 0.2) is 55.1 Å². The van der Waals surface area contributed by atoms with Crippen LogP contribution in [0.25, 0.3) is 6.08 Å². The molecule has 150 valence electrons. The van der Waals surface area contributed by atoms with Gasteiger partial charge in [0.15, 0.2) is 23.9 Å². The maximum Gasteiger partial charge on any atom is 0.331 e. The molecule has 29 heavy (non-hydrogen) atoms. The zero-order valence-corrected chi connectivity index (χ0v) is 16.5. The van der Waals surface area contributed by atoms with Crippen LogP contribution in [0.3, 0.4) is 0 Å². The van der Waals surface area contributed by atoms with Gasteiger partial charge in [0.05, 0.1) is 7.11 Å². The minimum Gasteiger partial charge on any atom is -0.493 e. The largest absolute Gasteiger partial charge is 0.493 e. The Morgan fingerprint density at radius 3 is 2.69 bits per heavy atom. The number of carbonyl (C=O) groups excluding carboxylic acids is 2. The van der Waals surface area contributed by atoms with E-state index in [1.54, 1.807) is 43.5 Å². The van der Waals surface area contributed by atoms with Gasteiger partial charge in [0.2, 0.25) is 0 Å². The highest BCUT2D eigenvalue weighted by Crippen LogP contribution is 2.28. The smallest absolute Gasteiger partial charge is 0.331 e. The van der Waals surface area contributed by atoms with E-state index in [1.807, 2.05) is 12.1 Å². The second-order valence-electron chi connectivity index (χ2n) is 6.71. The highest BCUT2D eigenvalue weighted by molar-refractivity contribution is 5.99. The first kappa shape index (κ1) is 20.4. The van der Waals surface area contributed by atoms with Crippen molar-refractivity contribution in [3.8, 4) is 11.5 Å². The fraction of sp³-hybridized carbons (Fsp3) is 0.250. The van der Waals surface area contributed by atoms with Crippen LogP contribution in [0.5, 0.6) is 11.5 Å². The first-order chi connectivity index (χ1) is 14.1. The molecule has 0 amide bonds. The average molecular weight is 392 g/mol. The van der Waals surface area contributed by atoms with E-state index < -0.39 is 5.97 Å². The summed E-state index contributed by atoms with van der Waals surface area (Å²) in [4.78, 5) is 24.3. The van der Waals surface area contributed by atoms with Gasteiger partial charge in [-0.25, -0.2) is 4.79 Å². The summed E-state index contributed by atoms with van der Waals surface area (Å²) in [5.41, 5.74) is 3.85. The highest BCUT2D eigenvalue weighted by Gasteiger charge is 2.15. The summed E-state index contributed by atoms with van der Waals surface area (Å²) in [5.74, 6) is 0.360. The Balaban J connectivity index is 1.55. The lowest BCUT2D eigenvalue weighted by Crippen LogP contribution is -2.12. The van der Waals surface area contributed by atoms with Gasteiger partial charge in [-0.05, 0) is 60.2 Å². The second-order valence-corrected chi connectivity index (χ2v) is 6.71. The van der Waals surface area contributed by atoms with Crippen molar-refractivity contribution in [1.29, 1.82) is 0 Å². The van der Waals surface area contributed by atoms with Crippen molar-refractivity contribution in [2.45, 2.75) is 19.3 Å². The maximum atomic E-state index is 12.3. The van der Waals surface area contributed by atoms with Gasteiger partial charge in [-0.2, -0.15) is 0 Å². The topological polar surface area (TPSA) is 61.8 Å². The Kier molecular flexibility index (Phi) is 6.85. The summed E-state index contributed by atoms with van der Waals surface area (Å²) >= 11 is 0. The molecule has 0 radical (unpaired) electrons. The monoisotopic (exact) mass is 392 g/mol. The number of Topliss-reactive ketones (excluding diaryl/α,β-unsaturated/α-hetero) is 1. The summed E-state index contributed by atoms with van der Waals surface area (Å²) in [6.45, 7) is 3.70. The number of ether oxygens (including phenoxy) is 3. The molecule has 0 heterocycles. The van der Waals surface area contributed by atoms with Gasteiger partial charge in [-0.15, -0.1) is 0 Å². The van der Waals surface area contributed by atoms with Crippen LogP contribution < -0.4 is 9.47 Å². The molecule has 3 rings (SSSR count). The Bertz CT molecular complexity index is 942. The SMILES string of the molecule is C=CCOc1ccc(/C=C/C(=O)OCC(=O)c2ccc3c(c2)CCC3)cc1OC. The van der Waals surface area contributed by atoms with Gasteiger partial charge in [0, 0.05) is 11.6 Å². The number of fused-ring (bicyclic) bond motifs is 1. The van der Waals surface area contributed by atoms with Crippen LogP contribution in [-0.4, -0.2) is 32.1 Å². The average Bonchev–Trinajstić information content (AvgIpc) is 3.22. The zero-order valence-electron chi connectivity index (χ0n) is 16.5. The van der Waals surface area contributed by atoms with E-state index in [0.717, 1.165) is 24.8 Å². The first-order valence-corrected chi connectivity index (χ1v) is 9.52. The predicted molar refractivity (Wildman–Crippen MR) is 111 cm³/mol. The molecule has 0 atom stereocenters. The van der Waals surface area contributed by atoms with Gasteiger partial charge in [0.1, 0.15) is 6.61 Å². The van der Waals surface area contributed by atoms with E-state index in [2.05, 4.69) is 6.58 Å². The number of hydrogen-bond acceptors (Lipinski definition) is 5. The van der Waals surface area contributed by atoms with Crippen molar-refractivity contribution in [3.05, 3.63) is 77.4 Å². The summed E-state index contributed by atoms with van der Waals surface area (Å²) in [5, 5.41) is 0. The molecule has 5 nitrogen and oxygen atoms in total. The molecule has 0 fully saturated rings. The molecule has 0 saturated heterocycles. The van der Waals surface area contributed by atoms with Crippen LogP contribution in [-0.2, 0) is 22.4 Å². The molecule has 0 bridgehead atoms. The van der Waals surface area contributed by atoms with Gasteiger partial charge < -0.3 is 14.2 Å². The minimum absolute atomic E-state index is 0.202. The number of carbonyl (C=O) groups is 2.